The molecule has 0 bridgehead atoms. The first-order valence-electron chi connectivity index (χ1n) is 9.22. The van der Waals surface area contributed by atoms with Gasteiger partial charge >= 0.3 is 5.97 Å². The van der Waals surface area contributed by atoms with Crippen LogP contribution in [-0.4, -0.2) is 18.5 Å². The molecule has 1 aromatic carbocycles. The number of hydrogen-bond donors (Lipinski definition) is 1. The Hall–Kier alpha value is -1.84. The number of nitrogens with one attached hydrogen (secondary N) is 1. The summed E-state index contributed by atoms with van der Waals surface area (Å²) in [6.07, 6.45) is 7.98. The maximum atomic E-state index is 12.6. The lowest BCUT2D eigenvalue weighted by atomic mass is 9.79. The SMILES string of the molecule is CCCCC1CCC(C(=O)Nc2ccccc2C(=O)OCC)CC1. The lowest BCUT2D eigenvalue weighted by Crippen LogP contribution is -2.28. The summed E-state index contributed by atoms with van der Waals surface area (Å²) in [6.45, 7) is 4.32. The lowest BCUT2D eigenvalue weighted by molar-refractivity contribution is -0.121. The Bertz CT molecular complexity index is 548. The van der Waals surface area contributed by atoms with E-state index in [1.54, 1.807) is 25.1 Å². The molecule has 1 aliphatic carbocycles. The highest BCUT2D eigenvalue weighted by atomic mass is 16.5. The second-order valence-electron chi connectivity index (χ2n) is 6.62. The molecule has 0 heterocycles. The first-order chi connectivity index (χ1) is 11.7. The van der Waals surface area contributed by atoms with Crippen LogP contribution in [0.2, 0.25) is 0 Å². The lowest BCUT2D eigenvalue weighted by Gasteiger charge is -2.27. The number of rotatable bonds is 7. The van der Waals surface area contributed by atoms with E-state index in [2.05, 4.69) is 12.2 Å². The number of anilines is 1. The van der Waals surface area contributed by atoms with Crippen molar-refractivity contribution in [3.8, 4) is 0 Å². The fourth-order valence-electron chi connectivity index (χ4n) is 3.42. The summed E-state index contributed by atoms with van der Waals surface area (Å²) in [5, 5.41) is 2.94. The minimum Gasteiger partial charge on any atom is -0.462 e. The summed E-state index contributed by atoms with van der Waals surface area (Å²) in [4.78, 5) is 24.6. The minimum atomic E-state index is -0.392. The van der Waals surface area contributed by atoms with Crippen LogP contribution in [0.3, 0.4) is 0 Å². The number of benzene rings is 1. The Kier molecular flexibility index (Phi) is 7.29. The monoisotopic (exact) mass is 331 g/mol. The number of ether oxygens (including phenoxy) is 1. The van der Waals surface area contributed by atoms with Gasteiger partial charge in [-0.2, -0.15) is 0 Å². The number of esters is 1. The molecule has 1 fully saturated rings. The van der Waals surface area contributed by atoms with Crippen LogP contribution in [0, 0.1) is 11.8 Å². The average molecular weight is 331 g/mol. The van der Waals surface area contributed by atoms with Gasteiger partial charge in [-0.15, -0.1) is 0 Å². The molecule has 0 unspecified atom stereocenters. The molecule has 1 saturated carbocycles. The Morgan fingerprint density at radius 2 is 1.83 bits per heavy atom. The van der Waals surface area contributed by atoms with Crippen molar-refractivity contribution in [1.82, 2.24) is 0 Å². The van der Waals surface area contributed by atoms with E-state index in [4.69, 9.17) is 4.74 Å². The summed E-state index contributed by atoms with van der Waals surface area (Å²) in [5.74, 6) is 0.469. The molecule has 0 spiro atoms. The van der Waals surface area contributed by atoms with Crippen LogP contribution in [0.15, 0.2) is 24.3 Å². The molecule has 0 aliphatic heterocycles. The summed E-state index contributed by atoms with van der Waals surface area (Å²) in [5.41, 5.74) is 0.971. The van der Waals surface area contributed by atoms with E-state index in [0.29, 0.717) is 17.9 Å². The van der Waals surface area contributed by atoms with E-state index < -0.39 is 5.97 Å². The zero-order valence-electron chi connectivity index (χ0n) is 14.8. The van der Waals surface area contributed by atoms with Crippen molar-refractivity contribution in [2.24, 2.45) is 11.8 Å². The predicted molar refractivity (Wildman–Crippen MR) is 96.0 cm³/mol. The zero-order valence-corrected chi connectivity index (χ0v) is 14.8. The van der Waals surface area contributed by atoms with Gasteiger partial charge in [-0.3, -0.25) is 4.79 Å². The quantitative estimate of drug-likeness (QED) is 0.730. The van der Waals surface area contributed by atoms with Crippen molar-refractivity contribution in [2.75, 3.05) is 11.9 Å². The molecule has 0 radical (unpaired) electrons. The Labute approximate surface area is 145 Å². The zero-order chi connectivity index (χ0) is 17.4. The molecular formula is C20H29NO3. The number of unbranched alkanes of at least 4 members (excludes halogenated alkanes) is 1. The van der Waals surface area contributed by atoms with Crippen LogP contribution in [0.4, 0.5) is 5.69 Å². The van der Waals surface area contributed by atoms with E-state index >= 15 is 0 Å². The molecule has 1 amide bonds. The van der Waals surface area contributed by atoms with E-state index in [-0.39, 0.29) is 11.8 Å². The molecule has 1 N–H and O–H groups in total. The van der Waals surface area contributed by atoms with Crippen molar-refractivity contribution in [3.05, 3.63) is 29.8 Å². The summed E-state index contributed by atoms with van der Waals surface area (Å²) in [7, 11) is 0. The third kappa shape index (κ3) is 5.08. The fourth-order valence-corrected chi connectivity index (χ4v) is 3.42. The van der Waals surface area contributed by atoms with Crippen molar-refractivity contribution in [1.29, 1.82) is 0 Å². The van der Waals surface area contributed by atoms with Gasteiger partial charge in [-0.05, 0) is 50.7 Å². The maximum Gasteiger partial charge on any atom is 0.340 e. The van der Waals surface area contributed by atoms with Crippen LogP contribution < -0.4 is 5.32 Å². The van der Waals surface area contributed by atoms with Gasteiger partial charge in [-0.25, -0.2) is 4.79 Å². The number of carbonyl (C=O) groups is 2. The molecule has 4 nitrogen and oxygen atoms in total. The average Bonchev–Trinajstić information content (AvgIpc) is 2.61. The van der Waals surface area contributed by atoms with Crippen LogP contribution in [-0.2, 0) is 9.53 Å². The highest BCUT2D eigenvalue weighted by molar-refractivity contribution is 6.01. The second-order valence-corrected chi connectivity index (χ2v) is 6.62. The van der Waals surface area contributed by atoms with E-state index in [9.17, 15) is 9.59 Å². The molecule has 1 aliphatic rings. The summed E-state index contributed by atoms with van der Waals surface area (Å²) < 4.78 is 5.06. The van der Waals surface area contributed by atoms with Crippen LogP contribution in [0.1, 0.15) is 69.2 Å². The Balaban J connectivity index is 1.92. The molecular weight excluding hydrogens is 302 g/mol. The second kappa shape index (κ2) is 9.45. The van der Waals surface area contributed by atoms with Gasteiger partial charge in [0, 0.05) is 5.92 Å². The highest BCUT2D eigenvalue weighted by Crippen LogP contribution is 2.32. The van der Waals surface area contributed by atoms with Crippen molar-refractivity contribution >= 4 is 17.6 Å². The van der Waals surface area contributed by atoms with Gasteiger partial charge in [0.25, 0.3) is 0 Å². The third-order valence-electron chi connectivity index (χ3n) is 4.86. The fraction of sp³-hybridized carbons (Fsp3) is 0.600. The molecule has 0 aromatic heterocycles. The van der Waals surface area contributed by atoms with Gasteiger partial charge in [0.1, 0.15) is 0 Å². The van der Waals surface area contributed by atoms with Gasteiger partial charge < -0.3 is 10.1 Å². The molecule has 4 heteroatoms. The number of carbonyl (C=O) groups excluding carboxylic acids is 2. The maximum absolute atomic E-state index is 12.6. The molecule has 24 heavy (non-hydrogen) atoms. The number of para-hydroxylation sites is 1. The van der Waals surface area contributed by atoms with Crippen LogP contribution in [0.25, 0.3) is 0 Å². The smallest absolute Gasteiger partial charge is 0.340 e. The van der Waals surface area contributed by atoms with Crippen molar-refractivity contribution < 1.29 is 14.3 Å². The van der Waals surface area contributed by atoms with Gasteiger partial charge in [0.15, 0.2) is 0 Å². The molecule has 0 saturated heterocycles. The summed E-state index contributed by atoms with van der Waals surface area (Å²) in [6, 6.07) is 7.05. The topological polar surface area (TPSA) is 55.4 Å². The van der Waals surface area contributed by atoms with Crippen molar-refractivity contribution in [3.63, 3.8) is 0 Å². The Morgan fingerprint density at radius 3 is 2.50 bits per heavy atom. The van der Waals surface area contributed by atoms with E-state index in [0.717, 1.165) is 31.6 Å². The van der Waals surface area contributed by atoms with E-state index in [1.807, 2.05) is 6.07 Å². The van der Waals surface area contributed by atoms with Gasteiger partial charge in [-0.1, -0.05) is 38.3 Å². The molecule has 1 aromatic rings. The first kappa shape index (κ1) is 18.5. The van der Waals surface area contributed by atoms with Crippen LogP contribution >= 0.6 is 0 Å². The largest absolute Gasteiger partial charge is 0.462 e. The van der Waals surface area contributed by atoms with E-state index in [1.165, 1.54) is 19.3 Å². The highest BCUT2D eigenvalue weighted by Gasteiger charge is 2.26. The number of hydrogen-bond acceptors (Lipinski definition) is 3. The minimum absolute atomic E-state index is 0.0284. The van der Waals surface area contributed by atoms with Gasteiger partial charge in [0.2, 0.25) is 5.91 Å². The molecule has 0 atom stereocenters. The number of amides is 1. The van der Waals surface area contributed by atoms with Crippen molar-refractivity contribution in [2.45, 2.75) is 58.8 Å². The normalized spacial score (nSPS) is 20.4. The van der Waals surface area contributed by atoms with Gasteiger partial charge in [0.05, 0.1) is 17.9 Å². The predicted octanol–water partition coefficient (Wildman–Crippen LogP) is 4.80. The first-order valence-corrected chi connectivity index (χ1v) is 9.22. The van der Waals surface area contributed by atoms with Crippen LogP contribution in [0.5, 0.6) is 0 Å². The Morgan fingerprint density at radius 1 is 1.12 bits per heavy atom. The standard InChI is InChI=1S/C20H29NO3/c1-3-5-8-15-11-13-16(14-12-15)19(22)21-18-10-7-6-9-17(18)20(23)24-4-2/h6-7,9-10,15-16H,3-5,8,11-14H2,1-2H3,(H,21,22). The molecule has 2 rings (SSSR count). The molecule has 132 valence electrons. The third-order valence-corrected chi connectivity index (χ3v) is 4.86. The summed E-state index contributed by atoms with van der Waals surface area (Å²) >= 11 is 0.